The third-order valence-corrected chi connectivity index (χ3v) is 4.68. The molecule has 18 heavy (non-hydrogen) atoms. The van der Waals surface area contributed by atoms with Gasteiger partial charge in [-0.15, -0.1) is 11.8 Å². The van der Waals surface area contributed by atoms with E-state index in [1.165, 1.54) is 17.8 Å². The van der Waals surface area contributed by atoms with Crippen molar-refractivity contribution in [2.75, 3.05) is 0 Å². The average molecular weight is 268 g/mol. The Balaban J connectivity index is 2.07. The maximum Gasteiger partial charge on any atom is 0.237 e. The smallest absolute Gasteiger partial charge is 0.237 e. The Bertz CT molecular complexity index is 454. The fraction of sp³-hybridized carbons (Fsp3) is 0.462. The molecule has 98 valence electrons. The largest absolute Gasteiger partial charge is 0.368 e. The standard InChI is InChI=1S/C13H17FN2OS/c14-10-5-1-2-6-11(10)18-9-4-3-7-13(16,8-9)12(15)17/h1-2,5-6,9H,3-4,7-8,16H2,(H2,15,17). The van der Waals surface area contributed by atoms with E-state index in [1.54, 1.807) is 18.2 Å². The second kappa shape index (κ2) is 5.28. The maximum atomic E-state index is 13.6. The monoisotopic (exact) mass is 268 g/mol. The van der Waals surface area contributed by atoms with Crippen LogP contribution < -0.4 is 11.5 Å². The molecule has 0 heterocycles. The molecule has 0 radical (unpaired) electrons. The van der Waals surface area contributed by atoms with Crippen LogP contribution in [0.3, 0.4) is 0 Å². The van der Waals surface area contributed by atoms with E-state index in [0.29, 0.717) is 17.7 Å². The Morgan fingerprint density at radius 1 is 1.44 bits per heavy atom. The topological polar surface area (TPSA) is 69.1 Å². The number of hydrogen-bond donors (Lipinski definition) is 2. The molecule has 0 bridgehead atoms. The summed E-state index contributed by atoms with van der Waals surface area (Å²) < 4.78 is 13.6. The van der Waals surface area contributed by atoms with E-state index in [9.17, 15) is 9.18 Å². The first-order valence-corrected chi connectivity index (χ1v) is 6.89. The number of rotatable bonds is 3. The molecule has 3 nitrogen and oxygen atoms in total. The average Bonchev–Trinajstić information content (AvgIpc) is 2.32. The Morgan fingerprint density at radius 2 is 2.17 bits per heavy atom. The quantitative estimate of drug-likeness (QED) is 0.881. The van der Waals surface area contributed by atoms with Crippen LogP contribution in [0.2, 0.25) is 0 Å². The van der Waals surface area contributed by atoms with E-state index >= 15 is 0 Å². The number of benzene rings is 1. The Kier molecular flexibility index (Phi) is 3.92. The van der Waals surface area contributed by atoms with E-state index < -0.39 is 11.4 Å². The summed E-state index contributed by atoms with van der Waals surface area (Å²) in [5.74, 6) is -0.684. The van der Waals surface area contributed by atoms with Crippen LogP contribution in [-0.4, -0.2) is 16.7 Å². The minimum Gasteiger partial charge on any atom is -0.368 e. The lowest BCUT2D eigenvalue weighted by atomic mass is 9.82. The summed E-state index contributed by atoms with van der Waals surface area (Å²) in [7, 11) is 0. The summed E-state index contributed by atoms with van der Waals surface area (Å²) >= 11 is 1.45. The lowest BCUT2D eigenvalue weighted by Crippen LogP contribution is -2.55. The fourth-order valence-corrected chi connectivity index (χ4v) is 3.66. The van der Waals surface area contributed by atoms with Crippen LogP contribution in [0.4, 0.5) is 4.39 Å². The highest BCUT2D eigenvalue weighted by Crippen LogP contribution is 2.37. The van der Waals surface area contributed by atoms with Crippen molar-refractivity contribution in [1.82, 2.24) is 0 Å². The highest BCUT2D eigenvalue weighted by Gasteiger charge is 2.38. The van der Waals surface area contributed by atoms with Gasteiger partial charge in [-0.25, -0.2) is 4.39 Å². The zero-order valence-corrected chi connectivity index (χ0v) is 10.9. The first-order valence-electron chi connectivity index (χ1n) is 6.01. The Morgan fingerprint density at radius 3 is 2.83 bits per heavy atom. The minimum atomic E-state index is -0.929. The number of carbonyl (C=O) groups excluding carboxylic acids is 1. The summed E-state index contributed by atoms with van der Waals surface area (Å²) in [6.45, 7) is 0. The Hall–Kier alpha value is -1.07. The molecule has 2 rings (SSSR count). The van der Waals surface area contributed by atoms with Crippen LogP contribution in [0, 0.1) is 5.82 Å². The van der Waals surface area contributed by atoms with Crippen molar-refractivity contribution < 1.29 is 9.18 Å². The summed E-state index contributed by atoms with van der Waals surface area (Å²) in [4.78, 5) is 12.0. The predicted molar refractivity (Wildman–Crippen MR) is 70.6 cm³/mol. The van der Waals surface area contributed by atoms with E-state index in [-0.39, 0.29) is 11.1 Å². The first kappa shape index (κ1) is 13.4. The van der Waals surface area contributed by atoms with Crippen LogP contribution in [0.25, 0.3) is 0 Å². The molecule has 1 saturated carbocycles. The predicted octanol–water partition coefficient (Wildman–Crippen LogP) is 2.04. The van der Waals surface area contributed by atoms with Crippen molar-refractivity contribution in [3.63, 3.8) is 0 Å². The highest BCUT2D eigenvalue weighted by molar-refractivity contribution is 8.00. The van der Waals surface area contributed by atoms with Crippen molar-refractivity contribution in [1.29, 1.82) is 0 Å². The van der Waals surface area contributed by atoms with Gasteiger partial charge < -0.3 is 11.5 Å². The van der Waals surface area contributed by atoms with E-state index in [2.05, 4.69) is 0 Å². The maximum absolute atomic E-state index is 13.6. The molecule has 1 amide bonds. The van der Waals surface area contributed by atoms with Gasteiger partial charge in [-0.3, -0.25) is 4.79 Å². The molecule has 1 fully saturated rings. The van der Waals surface area contributed by atoms with Gasteiger partial charge in [-0.1, -0.05) is 12.1 Å². The Labute approximate surface area is 110 Å². The molecule has 1 aliphatic carbocycles. The van der Waals surface area contributed by atoms with Gasteiger partial charge in [0.25, 0.3) is 0 Å². The molecular formula is C13H17FN2OS. The minimum absolute atomic E-state index is 0.146. The lowest BCUT2D eigenvalue weighted by Gasteiger charge is -2.35. The summed E-state index contributed by atoms with van der Waals surface area (Å²) in [5, 5.41) is 0.146. The molecule has 5 heteroatoms. The number of thioether (sulfide) groups is 1. The molecule has 1 aromatic rings. The van der Waals surface area contributed by atoms with Gasteiger partial charge in [0.15, 0.2) is 0 Å². The second-order valence-corrected chi connectivity index (χ2v) is 6.13. The summed E-state index contributed by atoms with van der Waals surface area (Å²) in [6, 6.07) is 6.65. The third kappa shape index (κ3) is 2.84. The number of halogens is 1. The lowest BCUT2D eigenvalue weighted by molar-refractivity contribution is -0.124. The van der Waals surface area contributed by atoms with Crippen LogP contribution in [0.1, 0.15) is 25.7 Å². The normalized spacial score (nSPS) is 28.0. The van der Waals surface area contributed by atoms with Crippen LogP contribution >= 0.6 is 11.8 Å². The zero-order chi connectivity index (χ0) is 13.2. The summed E-state index contributed by atoms with van der Waals surface area (Å²) in [5.41, 5.74) is 10.4. The van der Waals surface area contributed by atoms with Crippen molar-refractivity contribution in [3.05, 3.63) is 30.1 Å². The third-order valence-electron chi connectivity index (χ3n) is 3.36. The van der Waals surface area contributed by atoms with Crippen molar-refractivity contribution >= 4 is 17.7 Å². The van der Waals surface area contributed by atoms with Gasteiger partial charge in [0.1, 0.15) is 5.82 Å². The van der Waals surface area contributed by atoms with Gasteiger partial charge >= 0.3 is 0 Å². The number of hydrogen-bond acceptors (Lipinski definition) is 3. The molecule has 1 aliphatic rings. The number of carbonyl (C=O) groups is 1. The highest BCUT2D eigenvalue weighted by atomic mass is 32.2. The van der Waals surface area contributed by atoms with Gasteiger partial charge in [0, 0.05) is 10.1 Å². The zero-order valence-electron chi connectivity index (χ0n) is 10.1. The summed E-state index contributed by atoms with van der Waals surface area (Å²) in [6.07, 6.45) is 2.93. The van der Waals surface area contributed by atoms with Crippen LogP contribution in [-0.2, 0) is 4.79 Å². The molecule has 4 N–H and O–H groups in total. The SMILES string of the molecule is NC(=O)C1(N)CCCC(Sc2ccccc2F)C1. The number of amides is 1. The fourth-order valence-electron chi connectivity index (χ4n) is 2.30. The molecule has 2 atom stereocenters. The molecular weight excluding hydrogens is 251 g/mol. The van der Waals surface area contributed by atoms with E-state index in [1.807, 2.05) is 0 Å². The van der Waals surface area contributed by atoms with Gasteiger partial charge in [-0.2, -0.15) is 0 Å². The molecule has 1 aromatic carbocycles. The van der Waals surface area contributed by atoms with E-state index in [4.69, 9.17) is 11.5 Å². The van der Waals surface area contributed by atoms with Gasteiger partial charge in [-0.05, 0) is 37.8 Å². The van der Waals surface area contributed by atoms with Gasteiger partial charge in [0.05, 0.1) is 5.54 Å². The molecule has 2 unspecified atom stereocenters. The van der Waals surface area contributed by atoms with Crippen LogP contribution in [0.15, 0.2) is 29.2 Å². The molecule has 0 aliphatic heterocycles. The van der Waals surface area contributed by atoms with Gasteiger partial charge in [0.2, 0.25) is 5.91 Å². The second-order valence-electron chi connectivity index (χ2n) is 4.79. The molecule has 0 saturated heterocycles. The molecule has 0 aromatic heterocycles. The van der Waals surface area contributed by atoms with Crippen molar-refractivity contribution in [2.24, 2.45) is 11.5 Å². The number of nitrogens with two attached hydrogens (primary N) is 2. The van der Waals surface area contributed by atoms with Crippen molar-refractivity contribution in [2.45, 2.75) is 41.4 Å². The van der Waals surface area contributed by atoms with Crippen molar-refractivity contribution in [3.8, 4) is 0 Å². The van der Waals surface area contributed by atoms with Crippen LogP contribution in [0.5, 0.6) is 0 Å². The number of primary amides is 1. The molecule has 0 spiro atoms. The van der Waals surface area contributed by atoms with E-state index in [0.717, 1.165) is 12.8 Å². The first-order chi connectivity index (χ1) is 8.51.